The summed E-state index contributed by atoms with van der Waals surface area (Å²) in [5.74, 6) is 1.10. The first-order chi connectivity index (χ1) is 7.79. The average molecular weight is 283 g/mol. The maximum Gasteiger partial charge on any atom is 0.249 e. The molecular weight excluding hydrogens is 272 g/mol. The molecule has 84 valence electrons. The van der Waals surface area contributed by atoms with Crippen molar-refractivity contribution >= 4 is 15.9 Å². The van der Waals surface area contributed by atoms with Crippen molar-refractivity contribution in [2.45, 2.75) is 12.8 Å². The van der Waals surface area contributed by atoms with Crippen LogP contribution in [0.5, 0.6) is 0 Å². The fraction of sp³-hybridized carbons (Fsp3) is 0.300. The molecule has 0 aliphatic rings. The second-order valence-electron chi connectivity index (χ2n) is 3.29. The largest absolute Gasteiger partial charge is 0.421 e. The van der Waals surface area contributed by atoms with E-state index in [1.54, 1.807) is 12.4 Å². The highest BCUT2D eigenvalue weighted by molar-refractivity contribution is 9.10. The zero-order valence-corrected chi connectivity index (χ0v) is 10.1. The summed E-state index contributed by atoms with van der Waals surface area (Å²) >= 11 is 3.34. The summed E-state index contributed by atoms with van der Waals surface area (Å²) < 4.78 is 6.37. The SMILES string of the molecule is NCCCc1nnc(-c2cncc(Br)c2)o1. The molecule has 0 aliphatic heterocycles. The second kappa shape index (κ2) is 5.18. The fourth-order valence-corrected chi connectivity index (χ4v) is 1.62. The topological polar surface area (TPSA) is 77.8 Å². The van der Waals surface area contributed by atoms with Gasteiger partial charge in [0.1, 0.15) is 0 Å². The van der Waals surface area contributed by atoms with Gasteiger partial charge in [-0.3, -0.25) is 4.98 Å². The van der Waals surface area contributed by atoms with Crippen LogP contribution >= 0.6 is 15.9 Å². The Morgan fingerprint density at radius 3 is 2.94 bits per heavy atom. The molecule has 0 aromatic carbocycles. The van der Waals surface area contributed by atoms with Gasteiger partial charge in [0.25, 0.3) is 0 Å². The van der Waals surface area contributed by atoms with E-state index in [0.717, 1.165) is 16.5 Å². The van der Waals surface area contributed by atoms with Crippen molar-refractivity contribution in [3.8, 4) is 11.5 Å². The van der Waals surface area contributed by atoms with Gasteiger partial charge in [0.2, 0.25) is 11.8 Å². The molecule has 0 amide bonds. The maximum absolute atomic E-state index is 5.49. The van der Waals surface area contributed by atoms with Crippen molar-refractivity contribution in [1.29, 1.82) is 0 Å². The molecule has 6 heteroatoms. The van der Waals surface area contributed by atoms with Crippen LogP contribution < -0.4 is 5.73 Å². The predicted octanol–water partition coefficient (Wildman–Crippen LogP) is 1.79. The Bertz CT molecular complexity index is 471. The minimum Gasteiger partial charge on any atom is -0.421 e. The Hall–Kier alpha value is -1.27. The van der Waals surface area contributed by atoms with E-state index < -0.39 is 0 Å². The van der Waals surface area contributed by atoms with E-state index in [0.29, 0.717) is 24.7 Å². The van der Waals surface area contributed by atoms with Gasteiger partial charge in [-0.1, -0.05) is 0 Å². The van der Waals surface area contributed by atoms with Crippen LogP contribution in [0.1, 0.15) is 12.3 Å². The van der Waals surface area contributed by atoms with Crippen LogP contribution in [0.2, 0.25) is 0 Å². The normalized spacial score (nSPS) is 10.6. The summed E-state index contributed by atoms with van der Waals surface area (Å²) in [6.45, 7) is 0.621. The number of aryl methyl sites for hydroxylation is 1. The van der Waals surface area contributed by atoms with Gasteiger partial charge < -0.3 is 10.2 Å². The highest BCUT2D eigenvalue weighted by atomic mass is 79.9. The van der Waals surface area contributed by atoms with Gasteiger partial charge in [-0.05, 0) is 35.0 Å². The summed E-state index contributed by atoms with van der Waals surface area (Å²) in [6.07, 6.45) is 4.95. The smallest absolute Gasteiger partial charge is 0.249 e. The van der Waals surface area contributed by atoms with Gasteiger partial charge in [0, 0.05) is 23.3 Å². The quantitative estimate of drug-likeness (QED) is 0.925. The summed E-state index contributed by atoms with van der Waals surface area (Å²) in [7, 11) is 0. The van der Waals surface area contributed by atoms with Crippen molar-refractivity contribution in [3.05, 3.63) is 28.8 Å². The van der Waals surface area contributed by atoms with Crippen LogP contribution in [-0.2, 0) is 6.42 Å². The molecule has 5 nitrogen and oxygen atoms in total. The molecule has 0 unspecified atom stereocenters. The third-order valence-electron chi connectivity index (χ3n) is 2.01. The number of nitrogens with zero attached hydrogens (tertiary/aromatic N) is 3. The van der Waals surface area contributed by atoms with Crippen molar-refractivity contribution in [2.75, 3.05) is 6.54 Å². The lowest BCUT2D eigenvalue weighted by Gasteiger charge is -1.94. The molecule has 2 heterocycles. The summed E-state index contributed by atoms with van der Waals surface area (Å²) in [6, 6.07) is 1.88. The zero-order valence-electron chi connectivity index (χ0n) is 8.56. The Kier molecular flexibility index (Phi) is 3.63. The molecule has 0 fully saturated rings. The third-order valence-corrected chi connectivity index (χ3v) is 2.45. The second-order valence-corrected chi connectivity index (χ2v) is 4.20. The molecule has 0 saturated carbocycles. The van der Waals surface area contributed by atoms with Gasteiger partial charge in [0.15, 0.2) is 0 Å². The first-order valence-corrected chi connectivity index (χ1v) is 5.72. The Morgan fingerprint density at radius 2 is 2.19 bits per heavy atom. The van der Waals surface area contributed by atoms with E-state index >= 15 is 0 Å². The predicted molar refractivity (Wildman–Crippen MR) is 62.6 cm³/mol. The van der Waals surface area contributed by atoms with Crippen LogP contribution in [0.3, 0.4) is 0 Å². The van der Waals surface area contributed by atoms with Gasteiger partial charge in [0.05, 0.1) is 5.56 Å². The van der Waals surface area contributed by atoms with Gasteiger partial charge in [-0.15, -0.1) is 10.2 Å². The Labute approximate surface area is 101 Å². The van der Waals surface area contributed by atoms with Gasteiger partial charge in [-0.2, -0.15) is 0 Å². The molecule has 2 rings (SSSR count). The Morgan fingerprint density at radius 1 is 1.31 bits per heavy atom. The minimum absolute atomic E-state index is 0.487. The standard InChI is InChI=1S/C10H11BrN4O/c11-8-4-7(5-13-6-8)10-15-14-9(16-10)2-1-3-12/h4-6H,1-3,12H2. The molecule has 2 aromatic rings. The van der Waals surface area contributed by atoms with Gasteiger partial charge >= 0.3 is 0 Å². The number of nitrogens with two attached hydrogens (primary N) is 1. The van der Waals surface area contributed by atoms with Gasteiger partial charge in [-0.25, -0.2) is 0 Å². The number of pyridine rings is 1. The van der Waals surface area contributed by atoms with Crippen LogP contribution in [0.25, 0.3) is 11.5 Å². The zero-order chi connectivity index (χ0) is 11.4. The molecule has 2 N–H and O–H groups in total. The lowest BCUT2D eigenvalue weighted by atomic mass is 10.3. The summed E-state index contributed by atoms with van der Waals surface area (Å²) in [4.78, 5) is 4.04. The number of halogens is 1. The fourth-order valence-electron chi connectivity index (χ4n) is 1.25. The van der Waals surface area contributed by atoms with E-state index in [4.69, 9.17) is 10.2 Å². The van der Waals surface area contributed by atoms with E-state index in [1.807, 2.05) is 6.07 Å². The third kappa shape index (κ3) is 2.65. The Balaban J connectivity index is 2.18. The van der Waals surface area contributed by atoms with Crippen LogP contribution in [0.4, 0.5) is 0 Å². The maximum atomic E-state index is 5.49. The molecule has 0 bridgehead atoms. The number of hydrogen-bond acceptors (Lipinski definition) is 5. The minimum atomic E-state index is 0.487. The van der Waals surface area contributed by atoms with Crippen molar-refractivity contribution < 1.29 is 4.42 Å². The molecule has 16 heavy (non-hydrogen) atoms. The highest BCUT2D eigenvalue weighted by Gasteiger charge is 2.08. The lowest BCUT2D eigenvalue weighted by molar-refractivity contribution is 0.499. The highest BCUT2D eigenvalue weighted by Crippen LogP contribution is 2.20. The average Bonchev–Trinajstić information content (AvgIpc) is 2.75. The lowest BCUT2D eigenvalue weighted by Crippen LogP contribution is -2.00. The van der Waals surface area contributed by atoms with Crippen LogP contribution in [0, 0.1) is 0 Å². The van der Waals surface area contributed by atoms with Crippen molar-refractivity contribution in [1.82, 2.24) is 15.2 Å². The van der Waals surface area contributed by atoms with E-state index in [1.165, 1.54) is 0 Å². The molecule has 0 atom stereocenters. The van der Waals surface area contributed by atoms with Crippen molar-refractivity contribution in [3.63, 3.8) is 0 Å². The molecular formula is C10H11BrN4O. The molecule has 0 spiro atoms. The van der Waals surface area contributed by atoms with E-state index in [-0.39, 0.29) is 0 Å². The first-order valence-electron chi connectivity index (χ1n) is 4.93. The summed E-state index contributed by atoms with van der Waals surface area (Å²) in [5.41, 5.74) is 6.21. The molecule has 0 saturated heterocycles. The van der Waals surface area contributed by atoms with Crippen LogP contribution in [-0.4, -0.2) is 21.7 Å². The summed E-state index contributed by atoms with van der Waals surface area (Å²) in [5, 5.41) is 7.91. The molecule has 0 radical (unpaired) electrons. The molecule has 0 aliphatic carbocycles. The van der Waals surface area contributed by atoms with Crippen molar-refractivity contribution in [2.24, 2.45) is 5.73 Å². The molecule has 2 aromatic heterocycles. The first kappa shape index (κ1) is 11.2. The van der Waals surface area contributed by atoms with E-state index in [9.17, 15) is 0 Å². The van der Waals surface area contributed by atoms with E-state index in [2.05, 4.69) is 31.1 Å². The monoisotopic (exact) mass is 282 g/mol. The number of aromatic nitrogens is 3. The van der Waals surface area contributed by atoms with Crippen LogP contribution in [0.15, 0.2) is 27.3 Å². The number of hydrogen-bond donors (Lipinski definition) is 1. The number of rotatable bonds is 4.